The minimum absolute atomic E-state index is 0.810. The Morgan fingerprint density at radius 2 is 2.20 bits per heavy atom. The molecule has 60 valence electrons. The van der Waals surface area contributed by atoms with Gasteiger partial charge in [0.2, 0.25) is 0 Å². The molecule has 0 atom stereocenters. The second-order valence-corrected chi connectivity index (χ2v) is 2.83. The van der Waals surface area contributed by atoms with Gasteiger partial charge in [-0.1, -0.05) is 0 Å². The van der Waals surface area contributed by atoms with Crippen LogP contribution in [0.15, 0.2) is 0 Å². The number of hydrogen-bond donors (Lipinski definition) is 1. The van der Waals surface area contributed by atoms with Crippen molar-refractivity contribution in [2.75, 3.05) is 33.2 Å². The largest absolute Gasteiger partial charge is 0.330 e. The van der Waals surface area contributed by atoms with Gasteiger partial charge in [0, 0.05) is 26.7 Å². The molecule has 0 unspecified atom stereocenters. The lowest BCUT2D eigenvalue weighted by atomic mass is 10.4. The first-order valence-electron chi connectivity index (χ1n) is 4.00. The number of hydrogen-bond acceptors (Lipinski definition) is 3. The summed E-state index contributed by atoms with van der Waals surface area (Å²) in [4.78, 5) is 0. The zero-order chi connectivity index (χ0) is 7.40. The summed E-state index contributed by atoms with van der Waals surface area (Å²) in [5.74, 6) is 0. The maximum atomic E-state index is 5.41. The van der Waals surface area contributed by atoms with Gasteiger partial charge >= 0.3 is 0 Å². The highest BCUT2D eigenvalue weighted by Gasteiger charge is 2.15. The molecule has 0 aliphatic carbocycles. The average Bonchev–Trinajstić information content (AvgIpc) is 2.31. The van der Waals surface area contributed by atoms with E-state index in [1.165, 1.54) is 19.5 Å². The van der Waals surface area contributed by atoms with E-state index in [-0.39, 0.29) is 0 Å². The average molecular weight is 143 g/mol. The third kappa shape index (κ3) is 1.94. The molecular weight excluding hydrogens is 126 g/mol. The Kier molecular flexibility index (Phi) is 3.12. The highest BCUT2D eigenvalue weighted by atomic mass is 15.6. The van der Waals surface area contributed by atoms with Gasteiger partial charge in [0.15, 0.2) is 0 Å². The molecule has 1 fully saturated rings. The van der Waals surface area contributed by atoms with E-state index in [9.17, 15) is 0 Å². The predicted octanol–water partition coefficient (Wildman–Crippen LogP) is -0.112. The van der Waals surface area contributed by atoms with E-state index in [1.807, 2.05) is 0 Å². The third-order valence-corrected chi connectivity index (χ3v) is 2.00. The maximum Gasteiger partial charge on any atom is 0.0146 e. The first-order valence-corrected chi connectivity index (χ1v) is 4.00. The Morgan fingerprint density at radius 1 is 1.40 bits per heavy atom. The molecule has 1 aliphatic rings. The minimum Gasteiger partial charge on any atom is -0.330 e. The van der Waals surface area contributed by atoms with Crippen LogP contribution in [0.1, 0.15) is 12.8 Å². The van der Waals surface area contributed by atoms with Crippen molar-refractivity contribution in [3.63, 3.8) is 0 Å². The second kappa shape index (κ2) is 3.91. The second-order valence-electron chi connectivity index (χ2n) is 2.83. The van der Waals surface area contributed by atoms with Crippen molar-refractivity contribution in [3.05, 3.63) is 0 Å². The molecule has 10 heavy (non-hydrogen) atoms. The van der Waals surface area contributed by atoms with Crippen LogP contribution in [-0.2, 0) is 0 Å². The minimum atomic E-state index is 0.810. The fourth-order valence-corrected chi connectivity index (χ4v) is 1.35. The molecule has 1 aliphatic heterocycles. The van der Waals surface area contributed by atoms with E-state index in [4.69, 9.17) is 5.73 Å². The SMILES string of the molecule is CN1CCCN1CCCN. The summed E-state index contributed by atoms with van der Waals surface area (Å²) < 4.78 is 0. The van der Waals surface area contributed by atoms with Crippen molar-refractivity contribution in [2.24, 2.45) is 5.73 Å². The van der Waals surface area contributed by atoms with Crippen LogP contribution < -0.4 is 5.73 Å². The highest BCUT2D eigenvalue weighted by Crippen LogP contribution is 2.06. The van der Waals surface area contributed by atoms with E-state index >= 15 is 0 Å². The number of hydrazine groups is 1. The van der Waals surface area contributed by atoms with Gasteiger partial charge in [0.25, 0.3) is 0 Å². The van der Waals surface area contributed by atoms with E-state index in [2.05, 4.69) is 17.1 Å². The molecule has 0 radical (unpaired) electrons. The first-order chi connectivity index (χ1) is 4.84. The molecule has 0 saturated carbocycles. The lowest BCUT2D eigenvalue weighted by Crippen LogP contribution is -2.34. The number of nitrogens with zero attached hydrogens (tertiary/aromatic N) is 2. The topological polar surface area (TPSA) is 32.5 Å². The summed E-state index contributed by atoms with van der Waals surface area (Å²) in [6.07, 6.45) is 2.42. The van der Waals surface area contributed by atoms with Crippen molar-refractivity contribution < 1.29 is 0 Å². The maximum absolute atomic E-state index is 5.41. The van der Waals surface area contributed by atoms with E-state index in [0.717, 1.165) is 19.5 Å². The summed E-state index contributed by atoms with van der Waals surface area (Å²) in [6.45, 7) is 4.37. The molecule has 3 heteroatoms. The molecule has 0 aromatic carbocycles. The Labute approximate surface area is 62.8 Å². The van der Waals surface area contributed by atoms with Crippen LogP contribution >= 0.6 is 0 Å². The molecule has 1 rings (SSSR count). The summed E-state index contributed by atoms with van der Waals surface area (Å²) in [5.41, 5.74) is 5.41. The van der Waals surface area contributed by atoms with Gasteiger partial charge in [0.05, 0.1) is 0 Å². The summed E-state index contributed by atoms with van der Waals surface area (Å²) in [5, 5.41) is 4.66. The molecule has 1 saturated heterocycles. The number of rotatable bonds is 3. The monoisotopic (exact) mass is 143 g/mol. The van der Waals surface area contributed by atoms with Gasteiger partial charge in [-0.25, -0.2) is 10.0 Å². The van der Waals surface area contributed by atoms with Crippen molar-refractivity contribution in [3.8, 4) is 0 Å². The van der Waals surface area contributed by atoms with E-state index < -0.39 is 0 Å². The first kappa shape index (κ1) is 7.98. The van der Waals surface area contributed by atoms with Gasteiger partial charge in [-0.3, -0.25) is 0 Å². The molecule has 3 nitrogen and oxygen atoms in total. The predicted molar refractivity (Wildman–Crippen MR) is 42.5 cm³/mol. The van der Waals surface area contributed by atoms with Crippen LogP contribution in [0, 0.1) is 0 Å². The van der Waals surface area contributed by atoms with Crippen LogP contribution in [0.4, 0.5) is 0 Å². The van der Waals surface area contributed by atoms with Gasteiger partial charge in [-0.05, 0) is 19.4 Å². The lowest BCUT2D eigenvalue weighted by molar-refractivity contribution is 0.0558. The summed E-state index contributed by atoms with van der Waals surface area (Å²) in [6, 6.07) is 0. The van der Waals surface area contributed by atoms with Crippen molar-refractivity contribution in [1.82, 2.24) is 10.0 Å². The van der Waals surface area contributed by atoms with Crippen LogP contribution in [0.3, 0.4) is 0 Å². The highest BCUT2D eigenvalue weighted by molar-refractivity contribution is 4.63. The Bertz CT molecular complexity index is 94.9. The van der Waals surface area contributed by atoms with Crippen LogP contribution in [-0.4, -0.2) is 43.2 Å². The molecule has 0 spiro atoms. The Balaban J connectivity index is 2.14. The molecule has 0 aromatic rings. The number of nitrogens with two attached hydrogens (primary N) is 1. The van der Waals surface area contributed by atoms with Gasteiger partial charge in [-0.15, -0.1) is 0 Å². The van der Waals surface area contributed by atoms with Crippen molar-refractivity contribution >= 4 is 0 Å². The normalized spacial score (nSPS) is 22.2. The summed E-state index contributed by atoms with van der Waals surface area (Å²) >= 11 is 0. The zero-order valence-corrected chi connectivity index (χ0v) is 6.71. The molecule has 2 N–H and O–H groups in total. The molecule has 1 heterocycles. The summed E-state index contributed by atoms with van der Waals surface area (Å²) in [7, 11) is 2.14. The zero-order valence-electron chi connectivity index (χ0n) is 6.71. The van der Waals surface area contributed by atoms with Crippen LogP contribution in [0.25, 0.3) is 0 Å². The molecular formula is C7H17N3. The van der Waals surface area contributed by atoms with Gasteiger partial charge in [-0.2, -0.15) is 0 Å². The smallest absolute Gasteiger partial charge is 0.0146 e. The fourth-order valence-electron chi connectivity index (χ4n) is 1.35. The lowest BCUT2D eigenvalue weighted by Gasteiger charge is -2.23. The van der Waals surface area contributed by atoms with Crippen molar-refractivity contribution in [2.45, 2.75) is 12.8 Å². The molecule has 0 aromatic heterocycles. The quantitative estimate of drug-likeness (QED) is 0.598. The van der Waals surface area contributed by atoms with E-state index in [0.29, 0.717) is 0 Å². The van der Waals surface area contributed by atoms with Gasteiger partial charge in [0.1, 0.15) is 0 Å². The third-order valence-electron chi connectivity index (χ3n) is 2.00. The Hall–Kier alpha value is -0.120. The molecule has 0 bridgehead atoms. The Morgan fingerprint density at radius 3 is 2.70 bits per heavy atom. The van der Waals surface area contributed by atoms with Crippen molar-refractivity contribution in [1.29, 1.82) is 0 Å². The van der Waals surface area contributed by atoms with Gasteiger partial charge < -0.3 is 5.73 Å². The van der Waals surface area contributed by atoms with Crippen LogP contribution in [0.2, 0.25) is 0 Å². The molecule has 0 amide bonds. The van der Waals surface area contributed by atoms with Crippen LogP contribution in [0.5, 0.6) is 0 Å². The fraction of sp³-hybridized carbons (Fsp3) is 1.00. The van der Waals surface area contributed by atoms with E-state index in [1.54, 1.807) is 0 Å². The standard InChI is InChI=1S/C7H17N3/c1-9-5-3-7-10(9)6-2-4-8/h2-8H2,1H3.